The lowest BCUT2D eigenvalue weighted by Gasteiger charge is -2.22. The van der Waals surface area contributed by atoms with Crippen LogP contribution in [0.1, 0.15) is 37.3 Å². The van der Waals surface area contributed by atoms with E-state index in [0.717, 1.165) is 29.2 Å². The Morgan fingerprint density at radius 3 is 2.13 bits per heavy atom. The van der Waals surface area contributed by atoms with Gasteiger partial charge in [0.2, 0.25) is 5.91 Å². The average molecular weight is 426 g/mol. The number of amides is 2. The monoisotopic (exact) mass is 426 g/mol. The number of aliphatic hydroxyl groups is 1. The molecule has 0 aliphatic heterocycles. The third kappa shape index (κ3) is 4.86. The molecule has 3 rings (SSSR count). The molecule has 0 saturated heterocycles. The number of carboxylic acid groups (broad SMARTS) is 1. The van der Waals surface area contributed by atoms with Crippen LogP contribution in [0.3, 0.4) is 0 Å². The summed E-state index contributed by atoms with van der Waals surface area (Å²) in [6.45, 7) is 2.41. The van der Waals surface area contributed by atoms with Crippen molar-refractivity contribution in [1.29, 1.82) is 0 Å². The molecule has 8 heteroatoms. The van der Waals surface area contributed by atoms with E-state index in [1.807, 2.05) is 48.5 Å². The molecule has 0 spiro atoms. The highest BCUT2D eigenvalue weighted by Crippen LogP contribution is 2.44. The van der Waals surface area contributed by atoms with Crippen LogP contribution in [0.25, 0.3) is 11.1 Å². The van der Waals surface area contributed by atoms with E-state index in [-0.39, 0.29) is 18.9 Å². The average Bonchev–Trinajstić information content (AvgIpc) is 3.08. The van der Waals surface area contributed by atoms with Crippen LogP contribution in [0.2, 0.25) is 0 Å². The highest BCUT2D eigenvalue weighted by Gasteiger charge is 2.32. The van der Waals surface area contributed by atoms with Gasteiger partial charge >= 0.3 is 12.1 Å². The molecule has 1 aliphatic carbocycles. The molecule has 2 aromatic carbocycles. The van der Waals surface area contributed by atoms with E-state index in [4.69, 9.17) is 9.84 Å². The second kappa shape index (κ2) is 9.18. The van der Waals surface area contributed by atoms with E-state index in [9.17, 15) is 19.5 Å². The Hall–Kier alpha value is -3.39. The number of ether oxygens (including phenoxy) is 1. The van der Waals surface area contributed by atoms with Gasteiger partial charge in [-0.05, 0) is 35.6 Å². The molecular formula is C23H26N2O6. The number of fused-ring (bicyclic) bond motifs is 3. The van der Waals surface area contributed by atoms with Gasteiger partial charge in [-0.1, -0.05) is 55.5 Å². The smallest absolute Gasteiger partial charge is 0.407 e. The van der Waals surface area contributed by atoms with Crippen molar-refractivity contribution in [2.24, 2.45) is 0 Å². The van der Waals surface area contributed by atoms with Crippen molar-refractivity contribution >= 4 is 18.0 Å². The van der Waals surface area contributed by atoms with Gasteiger partial charge in [0, 0.05) is 5.92 Å². The minimum Gasteiger partial charge on any atom is -0.479 e. The first-order valence-corrected chi connectivity index (χ1v) is 10.1. The molecule has 164 valence electrons. The quantitative estimate of drug-likeness (QED) is 0.513. The highest BCUT2D eigenvalue weighted by molar-refractivity contribution is 5.86. The maximum absolute atomic E-state index is 12.4. The van der Waals surface area contributed by atoms with Gasteiger partial charge in [-0.3, -0.25) is 4.79 Å². The van der Waals surface area contributed by atoms with Crippen molar-refractivity contribution < 1.29 is 29.3 Å². The number of benzene rings is 2. The molecule has 1 aliphatic rings. The summed E-state index contributed by atoms with van der Waals surface area (Å²) in [5.74, 6) is -2.15. The van der Waals surface area contributed by atoms with Crippen molar-refractivity contribution in [3.8, 4) is 11.1 Å². The number of carboxylic acids is 1. The van der Waals surface area contributed by atoms with Crippen molar-refractivity contribution in [2.45, 2.75) is 37.8 Å². The zero-order chi connectivity index (χ0) is 22.6. The van der Waals surface area contributed by atoms with Crippen molar-refractivity contribution in [1.82, 2.24) is 10.6 Å². The molecule has 2 aromatic rings. The molecule has 0 bridgehead atoms. The number of alkyl carbamates (subject to hydrolysis) is 1. The maximum Gasteiger partial charge on any atom is 0.407 e. The number of aliphatic carboxylic acids is 1. The van der Waals surface area contributed by atoms with E-state index in [0.29, 0.717) is 0 Å². The molecule has 2 unspecified atom stereocenters. The Morgan fingerprint density at radius 1 is 1.06 bits per heavy atom. The number of nitrogens with one attached hydrogen (secondary N) is 2. The second-order valence-corrected chi connectivity index (χ2v) is 7.73. The number of carbonyl (C=O) groups is 3. The first kappa shape index (κ1) is 22.3. The van der Waals surface area contributed by atoms with Crippen molar-refractivity contribution in [3.63, 3.8) is 0 Å². The van der Waals surface area contributed by atoms with Gasteiger partial charge in [-0.25, -0.2) is 9.59 Å². The molecule has 2 atom stereocenters. The molecule has 2 amide bonds. The van der Waals surface area contributed by atoms with Crippen molar-refractivity contribution in [3.05, 3.63) is 59.7 Å². The predicted molar refractivity (Wildman–Crippen MR) is 114 cm³/mol. The maximum atomic E-state index is 12.4. The molecule has 0 aromatic heterocycles. The summed E-state index contributed by atoms with van der Waals surface area (Å²) >= 11 is 0. The van der Waals surface area contributed by atoms with Crippen LogP contribution in [0.5, 0.6) is 0 Å². The molecule has 0 saturated carbocycles. The third-order valence-corrected chi connectivity index (χ3v) is 5.43. The molecule has 0 heterocycles. The Kier molecular flexibility index (Phi) is 6.60. The number of hydrogen-bond donors (Lipinski definition) is 4. The van der Waals surface area contributed by atoms with Gasteiger partial charge in [-0.15, -0.1) is 0 Å². The molecule has 8 nitrogen and oxygen atoms in total. The number of rotatable bonds is 8. The van der Waals surface area contributed by atoms with Crippen LogP contribution < -0.4 is 10.6 Å². The minimum absolute atomic E-state index is 0.0993. The van der Waals surface area contributed by atoms with Gasteiger partial charge in [-0.2, -0.15) is 0 Å². The number of carbonyl (C=O) groups excluding carboxylic acids is 2. The Labute approximate surface area is 180 Å². The molecular weight excluding hydrogens is 400 g/mol. The molecule has 4 N–H and O–H groups in total. The fourth-order valence-corrected chi connectivity index (χ4v) is 3.59. The van der Waals surface area contributed by atoms with Crippen LogP contribution in [0, 0.1) is 0 Å². The molecule has 0 radical (unpaired) electrons. The standard InChI is InChI=1S/C23H26N2O6/c1-3-19(20(26)24-13-23(2,30)21(27)28)25-22(29)31-12-18-16-10-6-4-8-14(16)15-9-5-7-11-17(15)18/h4-11,18-19,30H,3,12-13H2,1-2H3,(H,24,26)(H,25,29)(H,27,28). The summed E-state index contributed by atoms with van der Waals surface area (Å²) in [6, 6.07) is 15.0. The fraction of sp³-hybridized carbons (Fsp3) is 0.348. The predicted octanol–water partition coefficient (Wildman–Crippen LogP) is 2.26. The van der Waals surface area contributed by atoms with Crippen LogP contribution in [-0.2, 0) is 14.3 Å². The summed E-state index contributed by atoms with van der Waals surface area (Å²) in [5, 5.41) is 23.5. The van der Waals surface area contributed by atoms with Crippen LogP contribution in [0.4, 0.5) is 4.79 Å². The van der Waals surface area contributed by atoms with E-state index in [2.05, 4.69) is 10.6 Å². The van der Waals surface area contributed by atoms with E-state index >= 15 is 0 Å². The van der Waals surface area contributed by atoms with Gasteiger partial charge in [0.15, 0.2) is 5.60 Å². The van der Waals surface area contributed by atoms with Crippen molar-refractivity contribution in [2.75, 3.05) is 13.2 Å². The number of hydrogen-bond acceptors (Lipinski definition) is 5. The normalized spacial score (nSPS) is 15.2. The lowest BCUT2D eigenvalue weighted by molar-refractivity contribution is -0.156. The first-order valence-electron chi connectivity index (χ1n) is 10.1. The van der Waals surface area contributed by atoms with Gasteiger partial charge in [0.1, 0.15) is 12.6 Å². The molecule has 0 fully saturated rings. The lowest BCUT2D eigenvalue weighted by atomic mass is 9.98. The van der Waals surface area contributed by atoms with Crippen LogP contribution >= 0.6 is 0 Å². The largest absolute Gasteiger partial charge is 0.479 e. The SMILES string of the molecule is CCC(NC(=O)OCC1c2ccccc2-c2ccccc21)C(=O)NCC(C)(O)C(=O)O. The van der Waals surface area contributed by atoms with E-state index in [1.165, 1.54) is 0 Å². The molecule has 31 heavy (non-hydrogen) atoms. The topological polar surface area (TPSA) is 125 Å². The zero-order valence-corrected chi connectivity index (χ0v) is 17.4. The second-order valence-electron chi connectivity index (χ2n) is 7.73. The van der Waals surface area contributed by atoms with E-state index < -0.39 is 36.2 Å². The summed E-state index contributed by atoms with van der Waals surface area (Å²) in [7, 11) is 0. The summed E-state index contributed by atoms with van der Waals surface area (Å²) in [5.41, 5.74) is 2.29. The zero-order valence-electron chi connectivity index (χ0n) is 17.4. The van der Waals surface area contributed by atoms with Gasteiger partial charge in [0.05, 0.1) is 6.54 Å². The summed E-state index contributed by atoms with van der Waals surface area (Å²) in [6.07, 6.45) is -0.473. The Bertz CT molecular complexity index is 942. The van der Waals surface area contributed by atoms with Crippen LogP contribution in [-0.4, -0.2) is 53.0 Å². The summed E-state index contributed by atoms with van der Waals surface area (Å²) in [4.78, 5) is 35.6. The first-order chi connectivity index (χ1) is 14.7. The van der Waals surface area contributed by atoms with Gasteiger partial charge < -0.3 is 25.6 Å². The fourth-order valence-electron chi connectivity index (χ4n) is 3.59. The van der Waals surface area contributed by atoms with Crippen LogP contribution in [0.15, 0.2) is 48.5 Å². The minimum atomic E-state index is -2.10. The highest BCUT2D eigenvalue weighted by atomic mass is 16.5. The summed E-state index contributed by atoms with van der Waals surface area (Å²) < 4.78 is 5.43. The lowest BCUT2D eigenvalue weighted by Crippen LogP contribution is -2.52. The van der Waals surface area contributed by atoms with Gasteiger partial charge in [0.25, 0.3) is 0 Å². The third-order valence-electron chi connectivity index (χ3n) is 5.43. The Balaban J connectivity index is 1.59. The Morgan fingerprint density at radius 2 is 1.61 bits per heavy atom. The van der Waals surface area contributed by atoms with E-state index in [1.54, 1.807) is 6.92 Å².